The Bertz CT molecular complexity index is 763. The van der Waals surface area contributed by atoms with E-state index in [4.69, 9.17) is 4.42 Å². The lowest BCUT2D eigenvalue weighted by Gasteiger charge is -2.22. The van der Waals surface area contributed by atoms with Gasteiger partial charge >= 0.3 is 0 Å². The lowest BCUT2D eigenvalue weighted by Crippen LogP contribution is -2.23. The number of furan rings is 1. The highest BCUT2D eigenvalue weighted by atomic mass is 79.9. The molecule has 0 spiro atoms. The summed E-state index contributed by atoms with van der Waals surface area (Å²) in [5.41, 5.74) is 3.74. The third-order valence-corrected chi connectivity index (χ3v) is 4.49. The fraction of sp³-hybridized carbons (Fsp3) is 0.222. The van der Waals surface area contributed by atoms with Crippen molar-refractivity contribution >= 4 is 26.7 Å². The summed E-state index contributed by atoms with van der Waals surface area (Å²) in [7, 11) is 0. The molecule has 0 fully saturated rings. The second-order valence-electron chi connectivity index (χ2n) is 5.16. The minimum absolute atomic E-state index is 0.120. The fourth-order valence-corrected chi connectivity index (χ4v) is 3.34. The van der Waals surface area contributed by atoms with E-state index < -0.39 is 0 Å². The summed E-state index contributed by atoms with van der Waals surface area (Å²) in [5, 5.41) is 6.14. The van der Waals surface area contributed by atoms with Crippen molar-refractivity contribution in [2.75, 3.05) is 6.54 Å². The molecule has 1 atom stereocenters. The van der Waals surface area contributed by atoms with Gasteiger partial charge in [0.2, 0.25) is 0 Å². The molecule has 3 aromatic rings. The number of hydrogen-bond acceptors (Lipinski definition) is 2. The maximum atomic E-state index is 5.44. The molecule has 21 heavy (non-hydrogen) atoms. The van der Waals surface area contributed by atoms with Crippen LogP contribution in [0.1, 0.15) is 29.7 Å². The lowest BCUT2D eigenvalue weighted by molar-refractivity contribution is 0.527. The van der Waals surface area contributed by atoms with E-state index in [1.165, 1.54) is 21.9 Å². The molecular formula is C18H18BrNO. The third kappa shape index (κ3) is 2.63. The van der Waals surface area contributed by atoms with Crippen LogP contribution in [0.3, 0.4) is 0 Å². The number of hydrogen-bond donors (Lipinski definition) is 1. The molecule has 0 amide bonds. The Morgan fingerprint density at radius 1 is 1.14 bits per heavy atom. The number of fused-ring (bicyclic) bond motifs is 1. The summed E-state index contributed by atoms with van der Waals surface area (Å²) >= 11 is 3.52. The third-order valence-electron chi connectivity index (χ3n) is 3.84. The van der Waals surface area contributed by atoms with E-state index >= 15 is 0 Å². The van der Waals surface area contributed by atoms with Crippen molar-refractivity contribution in [3.05, 3.63) is 70.1 Å². The molecule has 3 rings (SSSR count). The van der Waals surface area contributed by atoms with Gasteiger partial charge in [-0.05, 0) is 57.4 Å². The van der Waals surface area contributed by atoms with Crippen LogP contribution in [0.2, 0.25) is 0 Å². The zero-order valence-corrected chi connectivity index (χ0v) is 13.8. The topological polar surface area (TPSA) is 25.2 Å². The van der Waals surface area contributed by atoms with Crippen LogP contribution < -0.4 is 5.32 Å². The first-order chi connectivity index (χ1) is 10.2. The predicted octanol–water partition coefficient (Wildman–Crippen LogP) is 5.20. The lowest BCUT2D eigenvalue weighted by atomic mass is 9.91. The van der Waals surface area contributed by atoms with Crippen molar-refractivity contribution in [2.45, 2.75) is 19.9 Å². The molecule has 0 saturated carbocycles. The predicted molar refractivity (Wildman–Crippen MR) is 90.6 cm³/mol. The highest BCUT2D eigenvalue weighted by Gasteiger charge is 2.21. The van der Waals surface area contributed by atoms with Crippen molar-refractivity contribution in [2.24, 2.45) is 0 Å². The van der Waals surface area contributed by atoms with Crippen LogP contribution >= 0.6 is 15.9 Å². The molecule has 2 nitrogen and oxygen atoms in total. The standard InChI is InChI=1S/C18H18BrNO/c1-3-20-17(15-10-11-21-18(15)19)16-12(2)8-9-13-6-4-5-7-14(13)16/h4-11,17,20H,3H2,1-2H3. The van der Waals surface area contributed by atoms with Crippen molar-refractivity contribution < 1.29 is 4.42 Å². The van der Waals surface area contributed by atoms with Crippen molar-refractivity contribution in [3.8, 4) is 0 Å². The number of aryl methyl sites for hydroxylation is 1. The van der Waals surface area contributed by atoms with E-state index in [1.54, 1.807) is 6.26 Å². The van der Waals surface area contributed by atoms with Gasteiger partial charge in [0, 0.05) is 5.56 Å². The smallest absolute Gasteiger partial charge is 0.174 e. The number of halogens is 1. The molecule has 3 heteroatoms. The molecular weight excluding hydrogens is 326 g/mol. The molecule has 108 valence electrons. The maximum Gasteiger partial charge on any atom is 0.174 e. The highest BCUT2D eigenvalue weighted by molar-refractivity contribution is 9.10. The van der Waals surface area contributed by atoms with Crippen LogP contribution in [0.25, 0.3) is 10.8 Å². The highest BCUT2D eigenvalue weighted by Crippen LogP contribution is 2.35. The molecule has 0 saturated heterocycles. The van der Waals surface area contributed by atoms with Crippen LogP contribution in [-0.4, -0.2) is 6.54 Å². The van der Waals surface area contributed by atoms with Crippen LogP contribution in [0.4, 0.5) is 0 Å². The van der Waals surface area contributed by atoms with Gasteiger partial charge in [0.15, 0.2) is 4.67 Å². The Hall–Kier alpha value is -1.58. The molecule has 0 aliphatic rings. The fourth-order valence-electron chi connectivity index (χ4n) is 2.87. The van der Waals surface area contributed by atoms with Crippen LogP contribution in [0.15, 0.2) is 57.8 Å². The van der Waals surface area contributed by atoms with Gasteiger partial charge in [-0.1, -0.05) is 43.3 Å². The average molecular weight is 344 g/mol. The van der Waals surface area contributed by atoms with Crippen LogP contribution in [-0.2, 0) is 0 Å². The molecule has 0 bridgehead atoms. The van der Waals surface area contributed by atoms with Crippen LogP contribution in [0.5, 0.6) is 0 Å². The summed E-state index contributed by atoms with van der Waals surface area (Å²) in [6.45, 7) is 5.19. The molecule has 0 aliphatic carbocycles. The van der Waals surface area contributed by atoms with Gasteiger partial charge in [-0.15, -0.1) is 0 Å². The first-order valence-corrected chi connectivity index (χ1v) is 7.96. The number of rotatable bonds is 4. The number of nitrogens with one attached hydrogen (secondary N) is 1. The molecule has 1 heterocycles. The summed E-state index contributed by atoms with van der Waals surface area (Å²) < 4.78 is 6.23. The van der Waals surface area contributed by atoms with E-state index in [0.29, 0.717) is 0 Å². The molecule has 0 radical (unpaired) electrons. The normalized spacial score (nSPS) is 12.7. The van der Waals surface area contributed by atoms with E-state index in [2.05, 4.69) is 71.5 Å². The number of benzene rings is 2. The van der Waals surface area contributed by atoms with Crippen molar-refractivity contribution in [3.63, 3.8) is 0 Å². The van der Waals surface area contributed by atoms with E-state index in [9.17, 15) is 0 Å². The first kappa shape index (κ1) is 14.4. The maximum absolute atomic E-state index is 5.44. The Morgan fingerprint density at radius 3 is 2.67 bits per heavy atom. The van der Waals surface area contributed by atoms with Gasteiger partial charge in [0.25, 0.3) is 0 Å². The van der Waals surface area contributed by atoms with E-state index in [-0.39, 0.29) is 6.04 Å². The largest absolute Gasteiger partial charge is 0.457 e. The minimum atomic E-state index is 0.120. The van der Waals surface area contributed by atoms with Crippen molar-refractivity contribution in [1.29, 1.82) is 0 Å². The Morgan fingerprint density at radius 2 is 1.95 bits per heavy atom. The summed E-state index contributed by atoms with van der Waals surface area (Å²) in [4.78, 5) is 0. The monoisotopic (exact) mass is 343 g/mol. The van der Waals surface area contributed by atoms with Crippen molar-refractivity contribution in [1.82, 2.24) is 5.32 Å². The minimum Gasteiger partial charge on any atom is -0.457 e. The summed E-state index contributed by atoms with van der Waals surface area (Å²) in [6.07, 6.45) is 1.73. The Kier molecular flexibility index (Phi) is 4.13. The van der Waals surface area contributed by atoms with Crippen LogP contribution in [0, 0.1) is 6.92 Å². The Labute approximate surface area is 133 Å². The SMILES string of the molecule is CCNC(c1ccoc1Br)c1c(C)ccc2ccccc12. The second kappa shape index (κ2) is 6.04. The molecule has 1 N–H and O–H groups in total. The zero-order valence-electron chi connectivity index (χ0n) is 12.2. The average Bonchev–Trinajstić information content (AvgIpc) is 2.91. The van der Waals surface area contributed by atoms with E-state index in [1.807, 2.05) is 6.07 Å². The molecule has 0 aliphatic heterocycles. The first-order valence-electron chi connectivity index (χ1n) is 7.17. The molecule has 1 aromatic heterocycles. The van der Waals surface area contributed by atoms with Gasteiger partial charge < -0.3 is 9.73 Å². The molecule has 2 aromatic carbocycles. The van der Waals surface area contributed by atoms with Gasteiger partial charge in [-0.2, -0.15) is 0 Å². The van der Waals surface area contributed by atoms with E-state index in [0.717, 1.165) is 16.8 Å². The summed E-state index contributed by atoms with van der Waals surface area (Å²) in [6, 6.07) is 15.0. The summed E-state index contributed by atoms with van der Waals surface area (Å²) in [5.74, 6) is 0. The molecule has 1 unspecified atom stereocenters. The second-order valence-corrected chi connectivity index (χ2v) is 5.88. The Balaban J connectivity index is 2.24. The van der Waals surface area contributed by atoms with Gasteiger partial charge in [0.1, 0.15) is 0 Å². The quantitative estimate of drug-likeness (QED) is 0.703. The van der Waals surface area contributed by atoms with Gasteiger partial charge in [-0.25, -0.2) is 0 Å². The van der Waals surface area contributed by atoms with Gasteiger partial charge in [0.05, 0.1) is 12.3 Å². The zero-order chi connectivity index (χ0) is 14.8. The van der Waals surface area contributed by atoms with Gasteiger partial charge in [-0.3, -0.25) is 0 Å².